The summed E-state index contributed by atoms with van der Waals surface area (Å²) in [7, 11) is 2.68. The molecule has 0 aliphatic rings. The maximum absolute atomic E-state index is 14.7. The van der Waals surface area contributed by atoms with Crippen molar-refractivity contribution in [2.75, 3.05) is 24.9 Å². The number of methoxy groups -OCH3 is 2. The molecule has 16 heteroatoms. The number of amides is 2. The fourth-order valence-electron chi connectivity index (χ4n) is 5.50. The monoisotopic (exact) mass is 818 g/mol. The van der Waals surface area contributed by atoms with E-state index in [1.54, 1.807) is 0 Å². The summed E-state index contributed by atoms with van der Waals surface area (Å²) in [4.78, 5) is 47.3. The third-order valence-corrected chi connectivity index (χ3v) is 8.63. The highest BCUT2D eigenvalue weighted by Crippen LogP contribution is 2.35. The molecule has 296 valence electrons. The molecule has 6 aromatic rings. The van der Waals surface area contributed by atoms with Gasteiger partial charge < -0.3 is 30.3 Å². The molecule has 58 heavy (non-hydrogen) atoms. The number of benzene rings is 6. The Morgan fingerprint density at radius 2 is 1.00 bits per heavy atom. The van der Waals surface area contributed by atoms with Gasteiger partial charge in [0.05, 0.1) is 47.2 Å². The Morgan fingerprint density at radius 1 is 0.517 bits per heavy atom. The van der Waals surface area contributed by atoms with Gasteiger partial charge in [0, 0.05) is 5.56 Å². The Kier molecular flexibility index (Phi) is 13.1. The summed E-state index contributed by atoms with van der Waals surface area (Å²) in [6, 6.07) is 22.7. The van der Waals surface area contributed by atoms with Crippen molar-refractivity contribution in [3.05, 3.63) is 166 Å². The smallest absolute Gasteiger partial charge is 0.336 e. The van der Waals surface area contributed by atoms with Gasteiger partial charge in [-0.25, -0.2) is 31.5 Å². The Balaban J connectivity index is 0.000000221. The van der Waals surface area contributed by atoms with Crippen LogP contribution in [-0.4, -0.2) is 48.2 Å². The van der Waals surface area contributed by atoms with E-state index in [-0.39, 0.29) is 55.4 Å². The molecule has 0 atom stereocenters. The first-order chi connectivity index (χ1) is 27.6. The van der Waals surface area contributed by atoms with Gasteiger partial charge in [0.15, 0.2) is 11.6 Å². The topological polar surface area (TPSA) is 151 Å². The molecule has 6 aromatic carbocycles. The molecule has 0 fully saturated rings. The average molecular weight is 819 g/mol. The summed E-state index contributed by atoms with van der Waals surface area (Å²) in [6.45, 7) is 0. The van der Waals surface area contributed by atoms with E-state index < -0.39 is 58.5 Å². The Hall–Kier alpha value is -7.26. The van der Waals surface area contributed by atoms with Gasteiger partial charge in [0.2, 0.25) is 0 Å². The maximum Gasteiger partial charge on any atom is 0.336 e. The van der Waals surface area contributed by atoms with Gasteiger partial charge in [-0.3, -0.25) is 9.59 Å². The third kappa shape index (κ3) is 9.39. The van der Waals surface area contributed by atoms with Crippen LogP contribution in [0.25, 0.3) is 22.3 Å². The number of carboxylic acid groups (broad SMARTS) is 2. The highest BCUT2D eigenvalue weighted by atomic mass is 35.5. The lowest BCUT2D eigenvalue weighted by Gasteiger charge is -2.13. The second-order valence-electron chi connectivity index (χ2n) is 11.9. The molecule has 2 amide bonds. The molecule has 0 aromatic heterocycles. The number of halogens is 6. The number of anilines is 2. The van der Waals surface area contributed by atoms with Crippen LogP contribution in [0.15, 0.2) is 109 Å². The molecule has 0 heterocycles. The minimum atomic E-state index is -1.35. The van der Waals surface area contributed by atoms with Gasteiger partial charge in [-0.2, -0.15) is 0 Å². The largest absolute Gasteiger partial charge is 0.497 e. The first-order valence-corrected chi connectivity index (χ1v) is 16.9. The van der Waals surface area contributed by atoms with Crippen LogP contribution in [0.3, 0.4) is 0 Å². The molecule has 0 aliphatic carbocycles. The number of hydrogen-bond donors (Lipinski definition) is 4. The zero-order valence-electron chi connectivity index (χ0n) is 30.0. The van der Waals surface area contributed by atoms with E-state index in [1.165, 1.54) is 99.1 Å². The van der Waals surface area contributed by atoms with Crippen molar-refractivity contribution in [1.82, 2.24) is 0 Å². The first kappa shape index (κ1) is 41.9. The van der Waals surface area contributed by atoms with Crippen molar-refractivity contribution >= 4 is 46.7 Å². The van der Waals surface area contributed by atoms with Crippen molar-refractivity contribution in [3.8, 4) is 33.8 Å². The van der Waals surface area contributed by atoms with Gasteiger partial charge >= 0.3 is 11.9 Å². The second-order valence-corrected chi connectivity index (χ2v) is 12.3. The lowest BCUT2D eigenvalue weighted by molar-refractivity contribution is 0.0683. The van der Waals surface area contributed by atoms with E-state index in [0.717, 1.165) is 24.3 Å². The fourth-order valence-corrected chi connectivity index (χ4v) is 5.75. The number of carboxylic acids is 2. The molecular formula is C42H28ClF5N2O8. The van der Waals surface area contributed by atoms with E-state index in [2.05, 4.69) is 10.6 Å². The zero-order chi connectivity index (χ0) is 42.3. The normalized spacial score (nSPS) is 10.5. The van der Waals surface area contributed by atoms with Crippen LogP contribution in [0.1, 0.15) is 41.4 Å². The van der Waals surface area contributed by atoms with Crippen LogP contribution in [0, 0.1) is 29.1 Å². The van der Waals surface area contributed by atoms with Crippen LogP contribution in [0.2, 0.25) is 5.02 Å². The van der Waals surface area contributed by atoms with Crippen molar-refractivity contribution < 1.29 is 60.8 Å². The van der Waals surface area contributed by atoms with E-state index in [9.17, 15) is 46.2 Å². The Labute approximate surface area is 331 Å². The van der Waals surface area contributed by atoms with Crippen LogP contribution in [0.4, 0.5) is 33.3 Å². The summed E-state index contributed by atoms with van der Waals surface area (Å²) >= 11 is 6.12. The first-order valence-electron chi connectivity index (χ1n) is 16.6. The number of ether oxygens (including phenoxy) is 2. The number of carbonyl (C=O) groups excluding carboxylic acids is 2. The number of carbonyl (C=O) groups is 4. The second kappa shape index (κ2) is 18.1. The predicted octanol–water partition coefficient (Wildman–Crippen LogP) is 9.97. The maximum atomic E-state index is 14.7. The number of rotatable bonds is 10. The number of aromatic carboxylic acids is 2. The molecule has 6 rings (SSSR count). The molecular weight excluding hydrogens is 791 g/mol. The van der Waals surface area contributed by atoms with Gasteiger partial charge in [0.25, 0.3) is 11.8 Å². The lowest BCUT2D eigenvalue weighted by Crippen LogP contribution is -2.18. The van der Waals surface area contributed by atoms with Crippen molar-refractivity contribution in [1.29, 1.82) is 0 Å². The highest BCUT2D eigenvalue weighted by molar-refractivity contribution is 6.34. The molecule has 0 saturated heterocycles. The van der Waals surface area contributed by atoms with E-state index in [4.69, 9.17) is 26.2 Å². The zero-order valence-corrected chi connectivity index (χ0v) is 30.8. The molecule has 0 saturated carbocycles. The lowest BCUT2D eigenvalue weighted by atomic mass is 10.0. The van der Waals surface area contributed by atoms with Gasteiger partial charge in [-0.05, 0) is 95.6 Å². The SMILES string of the molecule is COc1cc(-c2cc(F)c(NC(=O)c3ccccc3C(=O)O)c(F)c2)ccc1F.COc1ccc(F)c(-c2cc(F)c(NC(=O)c3ccccc3C(=O)O)c(Cl)c2)c1. The Bertz CT molecular complexity index is 2540. The quantitative estimate of drug-likeness (QED) is 0.0998. The Morgan fingerprint density at radius 3 is 1.50 bits per heavy atom. The standard InChI is InChI=1S/C21H14ClF2NO4.C21H14F3NO4/c1-29-12-6-7-17(23)15(10-12)11-8-16(22)19(18(24)9-11)25-20(26)13-4-2-3-5-14(13)21(27)28;1-29-18-10-11(6-7-15(18)22)12-8-16(23)19(17(24)9-12)25-20(26)13-4-2-3-5-14(13)21(27)28/h2*2-10H,1H3,(H,25,26)(H,27,28). The van der Waals surface area contributed by atoms with Crippen LogP contribution in [-0.2, 0) is 0 Å². The molecule has 10 nitrogen and oxygen atoms in total. The average Bonchev–Trinajstić information content (AvgIpc) is 3.20. The van der Waals surface area contributed by atoms with E-state index in [1.807, 2.05) is 0 Å². The minimum absolute atomic E-state index is 0.0687. The molecule has 0 radical (unpaired) electrons. The molecule has 0 aliphatic heterocycles. The number of nitrogens with one attached hydrogen (secondary N) is 2. The van der Waals surface area contributed by atoms with Gasteiger partial charge in [-0.15, -0.1) is 0 Å². The van der Waals surface area contributed by atoms with Gasteiger partial charge in [-0.1, -0.05) is 41.9 Å². The number of hydrogen-bond acceptors (Lipinski definition) is 6. The fraction of sp³-hybridized carbons (Fsp3) is 0.0476. The summed E-state index contributed by atoms with van der Waals surface area (Å²) < 4.78 is 81.3. The van der Waals surface area contributed by atoms with Crippen molar-refractivity contribution in [3.63, 3.8) is 0 Å². The predicted molar refractivity (Wildman–Crippen MR) is 204 cm³/mol. The van der Waals surface area contributed by atoms with E-state index in [0.29, 0.717) is 11.3 Å². The highest BCUT2D eigenvalue weighted by Gasteiger charge is 2.22. The summed E-state index contributed by atoms with van der Waals surface area (Å²) in [6.07, 6.45) is 0. The van der Waals surface area contributed by atoms with E-state index >= 15 is 0 Å². The summed E-state index contributed by atoms with van der Waals surface area (Å²) in [5.41, 5.74) is -1.40. The summed E-state index contributed by atoms with van der Waals surface area (Å²) in [5.74, 6) is -8.48. The molecule has 0 bridgehead atoms. The van der Waals surface area contributed by atoms with Gasteiger partial charge in [0.1, 0.15) is 34.7 Å². The third-order valence-electron chi connectivity index (χ3n) is 8.33. The summed E-state index contributed by atoms with van der Waals surface area (Å²) in [5, 5.41) is 22.5. The van der Waals surface area contributed by atoms with Crippen molar-refractivity contribution in [2.45, 2.75) is 0 Å². The van der Waals surface area contributed by atoms with Crippen LogP contribution in [0.5, 0.6) is 11.5 Å². The van der Waals surface area contributed by atoms with Crippen LogP contribution < -0.4 is 20.1 Å². The van der Waals surface area contributed by atoms with Crippen LogP contribution >= 0.6 is 11.6 Å². The minimum Gasteiger partial charge on any atom is -0.497 e. The molecule has 0 spiro atoms. The van der Waals surface area contributed by atoms with Crippen molar-refractivity contribution in [2.24, 2.45) is 0 Å². The molecule has 0 unspecified atom stereocenters. The molecule has 4 N–H and O–H groups in total.